The predicted octanol–water partition coefficient (Wildman–Crippen LogP) is 1.77. The maximum atomic E-state index is 5.77. The van der Waals surface area contributed by atoms with E-state index in [4.69, 9.17) is 18.0 Å². The summed E-state index contributed by atoms with van der Waals surface area (Å²) in [5.41, 5.74) is 7.61. The van der Waals surface area contributed by atoms with E-state index >= 15 is 0 Å². The molecule has 0 fully saturated rings. The molecule has 0 amide bonds. The van der Waals surface area contributed by atoms with Crippen LogP contribution >= 0.6 is 12.2 Å². The third-order valence-electron chi connectivity index (χ3n) is 2.65. The van der Waals surface area contributed by atoms with Crippen LogP contribution in [0.25, 0.3) is 5.82 Å². The fourth-order valence-electron chi connectivity index (χ4n) is 1.82. The number of nitrogens with zero attached hydrogens (tertiary/aromatic N) is 3. The summed E-state index contributed by atoms with van der Waals surface area (Å²) in [6, 6.07) is 1.90. The molecular weight excluding hydrogens is 232 g/mol. The first kappa shape index (κ1) is 11.7. The van der Waals surface area contributed by atoms with E-state index in [1.807, 2.05) is 23.8 Å². The summed E-state index contributed by atoms with van der Waals surface area (Å²) in [6.07, 6.45) is 6.22. The Bertz CT molecular complexity index is 559. The molecule has 0 spiro atoms. The highest BCUT2D eigenvalue weighted by atomic mass is 32.1. The van der Waals surface area contributed by atoms with Gasteiger partial charge in [0.15, 0.2) is 0 Å². The number of hydrogen-bond acceptors (Lipinski definition) is 3. The molecule has 0 saturated heterocycles. The van der Waals surface area contributed by atoms with Gasteiger partial charge in [-0.2, -0.15) is 0 Å². The van der Waals surface area contributed by atoms with Crippen LogP contribution in [0.5, 0.6) is 0 Å². The second-order valence-electron chi connectivity index (χ2n) is 3.76. The number of nitrogens with two attached hydrogens (primary N) is 1. The molecule has 0 aliphatic carbocycles. The lowest BCUT2D eigenvalue weighted by Crippen LogP contribution is -2.17. The van der Waals surface area contributed by atoms with Gasteiger partial charge in [-0.3, -0.25) is 4.57 Å². The zero-order valence-corrected chi connectivity index (χ0v) is 10.7. The van der Waals surface area contributed by atoms with Crippen LogP contribution in [0.4, 0.5) is 0 Å². The van der Waals surface area contributed by atoms with Gasteiger partial charge in [-0.1, -0.05) is 19.1 Å². The third kappa shape index (κ3) is 2.06. The molecule has 2 aromatic rings. The van der Waals surface area contributed by atoms with Crippen LogP contribution in [-0.4, -0.2) is 19.5 Å². The van der Waals surface area contributed by atoms with Gasteiger partial charge in [-0.05, 0) is 18.6 Å². The Labute approximate surface area is 106 Å². The summed E-state index contributed by atoms with van der Waals surface area (Å²) in [4.78, 5) is 9.01. The van der Waals surface area contributed by atoms with Crippen molar-refractivity contribution >= 4 is 17.2 Å². The summed E-state index contributed by atoms with van der Waals surface area (Å²) in [6.45, 7) is 4.03. The average molecular weight is 246 g/mol. The number of rotatable bonds is 3. The van der Waals surface area contributed by atoms with Gasteiger partial charge in [-0.15, -0.1) is 0 Å². The lowest BCUT2D eigenvalue weighted by atomic mass is 10.1. The van der Waals surface area contributed by atoms with Crippen LogP contribution in [0.2, 0.25) is 0 Å². The number of aryl methyl sites for hydroxylation is 2. The van der Waals surface area contributed by atoms with E-state index in [0.29, 0.717) is 4.99 Å². The molecule has 0 radical (unpaired) electrons. The van der Waals surface area contributed by atoms with Crippen molar-refractivity contribution in [1.82, 2.24) is 14.5 Å². The zero-order chi connectivity index (χ0) is 12.4. The molecule has 2 N–H and O–H groups in total. The summed E-state index contributed by atoms with van der Waals surface area (Å²) >= 11 is 5.09. The molecule has 88 valence electrons. The maximum Gasteiger partial charge on any atom is 0.148 e. The van der Waals surface area contributed by atoms with E-state index in [9.17, 15) is 0 Å². The highest BCUT2D eigenvalue weighted by Gasteiger charge is 2.13. The Morgan fingerprint density at radius 2 is 2.18 bits per heavy atom. The van der Waals surface area contributed by atoms with Gasteiger partial charge in [0.25, 0.3) is 0 Å². The fourth-order valence-corrected chi connectivity index (χ4v) is 2.07. The molecule has 0 saturated carbocycles. The van der Waals surface area contributed by atoms with E-state index in [1.165, 1.54) is 0 Å². The Morgan fingerprint density at radius 1 is 1.41 bits per heavy atom. The van der Waals surface area contributed by atoms with Gasteiger partial charge in [0.1, 0.15) is 16.6 Å². The Morgan fingerprint density at radius 3 is 2.82 bits per heavy atom. The molecule has 2 rings (SSSR count). The molecular formula is C12H14N4S. The molecule has 0 unspecified atom stereocenters. The molecule has 0 aliphatic heterocycles. The zero-order valence-electron chi connectivity index (χ0n) is 9.84. The van der Waals surface area contributed by atoms with Crippen molar-refractivity contribution in [3.05, 3.63) is 41.6 Å². The lowest BCUT2D eigenvalue weighted by Gasteiger charge is -2.12. The van der Waals surface area contributed by atoms with E-state index in [1.54, 1.807) is 12.4 Å². The highest BCUT2D eigenvalue weighted by molar-refractivity contribution is 7.80. The van der Waals surface area contributed by atoms with Crippen molar-refractivity contribution < 1.29 is 0 Å². The van der Waals surface area contributed by atoms with Crippen molar-refractivity contribution in [2.24, 2.45) is 5.73 Å². The SMILES string of the molecule is CCc1nccn1-c1nccc(C)c1C(N)=S. The van der Waals surface area contributed by atoms with Gasteiger partial charge in [0.05, 0.1) is 5.56 Å². The van der Waals surface area contributed by atoms with Gasteiger partial charge >= 0.3 is 0 Å². The quantitative estimate of drug-likeness (QED) is 0.839. The summed E-state index contributed by atoms with van der Waals surface area (Å²) < 4.78 is 1.93. The van der Waals surface area contributed by atoms with Gasteiger partial charge in [0, 0.05) is 25.0 Å². The first-order valence-corrected chi connectivity index (χ1v) is 5.84. The Balaban J connectivity index is 2.67. The molecule has 17 heavy (non-hydrogen) atoms. The van der Waals surface area contributed by atoms with E-state index in [-0.39, 0.29) is 0 Å². The largest absolute Gasteiger partial charge is 0.389 e. The predicted molar refractivity (Wildman–Crippen MR) is 71.4 cm³/mol. The summed E-state index contributed by atoms with van der Waals surface area (Å²) in [7, 11) is 0. The van der Waals surface area contributed by atoms with Crippen molar-refractivity contribution in [1.29, 1.82) is 0 Å². The van der Waals surface area contributed by atoms with Gasteiger partial charge in [0.2, 0.25) is 0 Å². The van der Waals surface area contributed by atoms with Crippen LogP contribution in [0.15, 0.2) is 24.7 Å². The van der Waals surface area contributed by atoms with Crippen molar-refractivity contribution in [2.75, 3.05) is 0 Å². The second kappa shape index (κ2) is 4.63. The molecule has 0 aliphatic rings. The Hall–Kier alpha value is -1.75. The van der Waals surface area contributed by atoms with Gasteiger partial charge < -0.3 is 5.73 Å². The second-order valence-corrected chi connectivity index (χ2v) is 4.20. The molecule has 5 heteroatoms. The lowest BCUT2D eigenvalue weighted by molar-refractivity contribution is 0.864. The first-order valence-electron chi connectivity index (χ1n) is 5.43. The van der Waals surface area contributed by atoms with Crippen LogP contribution in [0.3, 0.4) is 0 Å². The first-order chi connectivity index (χ1) is 8.15. The normalized spacial score (nSPS) is 10.5. The smallest absolute Gasteiger partial charge is 0.148 e. The van der Waals surface area contributed by atoms with Crippen LogP contribution in [0.1, 0.15) is 23.9 Å². The van der Waals surface area contributed by atoms with Crippen molar-refractivity contribution in [2.45, 2.75) is 20.3 Å². The molecule has 2 heterocycles. The number of imidazole rings is 1. The molecule has 4 nitrogen and oxygen atoms in total. The minimum atomic E-state index is 0.362. The van der Waals surface area contributed by atoms with Crippen molar-refractivity contribution in [3.8, 4) is 5.82 Å². The number of pyridine rings is 1. The average Bonchev–Trinajstić information content (AvgIpc) is 2.75. The fraction of sp³-hybridized carbons (Fsp3) is 0.250. The van der Waals surface area contributed by atoms with E-state index in [0.717, 1.165) is 29.2 Å². The minimum Gasteiger partial charge on any atom is -0.389 e. The van der Waals surface area contributed by atoms with E-state index in [2.05, 4.69) is 16.9 Å². The molecule has 2 aromatic heterocycles. The summed E-state index contributed by atoms with van der Waals surface area (Å²) in [5.74, 6) is 1.70. The summed E-state index contributed by atoms with van der Waals surface area (Å²) in [5, 5.41) is 0. The molecule has 0 bridgehead atoms. The Kier molecular flexibility index (Phi) is 3.19. The van der Waals surface area contributed by atoms with Crippen LogP contribution in [0, 0.1) is 6.92 Å². The van der Waals surface area contributed by atoms with Gasteiger partial charge in [-0.25, -0.2) is 9.97 Å². The number of thiocarbonyl (C=S) groups is 1. The van der Waals surface area contributed by atoms with Crippen LogP contribution < -0.4 is 5.73 Å². The molecule has 0 aromatic carbocycles. The standard InChI is InChI=1S/C12H14N4S/c1-3-9-14-6-7-16(9)12-10(11(13)17)8(2)4-5-15-12/h4-7H,3H2,1-2H3,(H2,13,17). The van der Waals surface area contributed by atoms with Crippen molar-refractivity contribution in [3.63, 3.8) is 0 Å². The molecule has 0 atom stereocenters. The van der Waals surface area contributed by atoms with E-state index < -0.39 is 0 Å². The number of hydrogen-bond donors (Lipinski definition) is 1. The topological polar surface area (TPSA) is 56.7 Å². The highest BCUT2D eigenvalue weighted by Crippen LogP contribution is 2.17. The minimum absolute atomic E-state index is 0.362. The monoisotopic (exact) mass is 246 g/mol. The maximum absolute atomic E-state index is 5.77. The van der Waals surface area contributed by atoms with Crippen LogP contribution in [-0.2, 0) is 6.42 Å². The number of aromatic nitrogens is 3. The third-order valence-corrected chi connectivity index (χ3v) is 2.85.